The van der Waals surface area contributed by atoms with Crippen molar-refractivity contribution in [3.8, 4) is 0 Å². The lowest BCUT2D eigenvalue weighted by atomic mass is 10.3. The lowest BCUT2D eigenvalue weighted by Gasteiger charge is -2.05. The summed E-state index contributed by atoms with van der Waals surface area (Å²) >= 11 is 1.19. The second-order valence-electron chi connectivity index (χ2n) is 4.29. The van der Waals surface area contributed by atoms with Gasteiger partial charge in [0, 0.05) is 11.4 Å². The number of nitrogens with one attached hydrogen (secondary N) is 2. The van der Waals surface area contributed by atoms with Gasteiger partial charge in [-0.25, -0.2) is 8.42 Å². The molecule has 0 saturated carbocycles. The minimum Gasteiger partial charge on any atom is -0.326 e. The molecule has 2 heterocycles. The number of aromatic amines is 1. The second-order valence-corrected chi connectivity index (χ2v) is 7.34. The summed E-state index contributed by atoms with van der Waals surface area (Å²) in [7, 11) is -3.59. The molecule has 0 bridgehead atoms. The summed E-state index contributed by atoms with van der Waals surface area (Å²) in [6.45, 7) is 5.71. The molecule has 0 aliphatic heterocycles. The standard InChI is InChI=1S/C11H16N4O2S2/c1-6-4-10(18-9(6)5-12)19(16,17)15-11-7(2)13-14-8(11)3/h4,15H,5,12H2,1-3H3,(H,13,14). The number of nitrogens with two attached hydrogens (primary N) is 1. The molecule has 2 rings (SSSR count). The first-order chi connectivity index (χ1) is 8.85. The van der Waals surface area contributed by atoms with Crippen molar-refractivity contribution in [3.63, 3.8) is 0 Å². The number of sulfonamides is 1. The predicted molar refractivity (Wildman–Crippen MR) is 75.8 cm³/mol. The molecule has 2 aromatic rings. The van der Waals surface area contributed by atoms with E-state index in [-0.39, 0.29) is 4.21 Å². The zero-order valence-corrected chi connectivity index (χ0v) is 12.6. The summed E-state index contributed by atoms with van der Waals surface area (Å²) in [4.78, 5) is 0.876. The van der Waals surface area contributed by atoms with E-state index in [2.05, 4.69) is 14.9 Å². The Hall–Kier alpha value is -1.38. The molecule has 8 heteroatoms. The van der Waals surface area contributed by atoms with Crippen molar-refractivity contribution in [1.29, 1.82) is 0 Å². The Balaban J connectivity index is 2.38. The Morgan fingerprint density at radius 1 is 1.42 bits per heavy atom. The Morgan fingerprint density at radius 3 is 2.58 bits per heavy atom. The third-order valence-corrected chi connectivity index (χ3v) is 5.90. The molecule has 0 aromatic carbocycles. The zero-order valence-electron chi connectivity index (χ0n) is 10.9. The molecule has 6 nitrogen and oxygen atoms in total. The highest BCUT2D eigenvalue weighted by Crippen LogP contribution is 2.28. The molecule has 0 spiro atoms. The van der Waals surface area contributed by atoms with Crippen molar-refractivity contribution >= 4 is 27.0 Å². The molecule has 0 aliphatic rings. The van der Waals surface area contributed by atoms with E-state index in [0.717, 1.165) is 10.4 Å². The number of aromatic nitrogens is 2. The van der Waals surface area contributed by atoms with Crippen molar-refractivity contribution < 1.29 is 8.42 Å². The average molecular weight is 300 g/mol. The van der Waals surface area contributed by atoms with Gasteiger partial charge in [-0.2, -0.15) is 5.10 Å². The number of H-pyrrole nitrogens is 1. The molecule has 0 radical (unpaired) electrons. The minimum atomic E-state index is -3.59. The lowest BCUT2D eigenvalue weighted by Crippen LogP contribution is -2.12. The maximum absolute atomic E-state index is 12.3. The molecule has 0 aliphatic carbocycles. The molecule has 4 N–H and O–H groups in total. The Bertz CT molecular complexity index is 681. The number of nitrogens with zero attached hydrogens (tertiary/aromatic N) is 1. The van der Waals surface area contributed by atoms with E-state index in [1.807, 2.05) is 6.92 Å². The maximum atomic E-state index is 12.3. The van der Waals surface area contributed by atoms with Gasteiger partial charge in [-0.1, -0.05) is 0 Å². The highest BCUT2D eigenvalue weighted by molar-refractivity contribution is 7.94. The van der Waals surface area contributed by atoms with Crippen LogP contribution in [0, 0.1) is 20.8 Å². The van der Waals surface area contributed by atoms with Gasteiger partial charge in [0.25, 0.3) is 10.0 Å². The topological polar surface area (TPSA) is 101 Å². The SMILES string of the molecule is Cc1cc(S(=O)(=O)Nc2c(C)n[nH]c2C)sc1CN. The third kappa shape index (κ3) is 2.65. The minimum absolute atomic E-state index is 0.269. The first-order valence-corrected chi connectivity index (χ1v) is 7.99. The van der Waals surface area contributed by atoms with Gasteiger partial charge in [0.05, 0.1) is 17.1 Å². The fourth-order valence-electron chi connectivity index (χ4n) is 1.71. The quantitative estimate of drug-likeness (QED) is 0.799. The normalized spacial score (nSPS) is 11.8. The fraction of sp³-hybridized carbons (Fsp3) is 0.364. The molecule has 0 atom stereocenters. The number of rotatable bonds is 4. The number of aryl methyl sites for hydroxylation is 3. The van der Waals surface area contributed by atoms with E-state index in [4.69, 9.17) is 5.73 Å². The number of hydrogen-bond acceptors (Lipinski definition) is 5. The summed E-state index contributed by atoms with van der Waals surface area (Å²) in [5.41, 5.74) is 8.28. The van der Waals surface area contributed by atoms with Crippen LogP contribution < -0.4 is 10.5 Å². The molecule has 0 amide bonds. The maximum Gasteiger partial charge on any atom is 0.271 e. The molecule has 19 heavy (non-hydrogen) atoms. The van der Waals surface area contributed by atoms with Gasteiger partial charge in [0.2, 0.25) is 0 Å². The van der Waals surface area contributed by atoms with Gasteiger partial charge >= 0.3 is 0 Å². The van der Waals surface area contributed by atoms with Crippen molar-refractivity contribution in [2.24, 2.45) is 5.73 Å². The van der Waals surface area contributed by atoms with Crippen molar-refractivity contribution in [3.05, 3.63) is 27.9 Å². The largest absolute Gasteiger partial charge is 0.326 e. The lowest BCUT2D eigenvalue weighted by molar-refractivity contribution is 0.603. The van der Waals surface area contributed by atoms with Gasteiger partial charge in [-0.05, 0) is 32.4 Å². The molecular weight excluding hydrogens is 284 g/mol. The van der Waals surface area contributed by atoms with Gasteiger partial charge < -0.3 is 5.73 Å². The predicted octanol–water partition coefficient (Wildman–Crippen LogP) is 1.66. The highest BCUT2D eigenvalue weighted by Gasteiger charge is 2.21. The first kappa shape index (κ1) is 14.0. The van der Waals surface area contributed by atoms with Crippen LogP contribution in [0.25, 0.3) is 0 Å². The summed E-state index contributed by atoms with van der Waals surface area (Å²) in [5.74, 6) is 0. The molecule has 0 unspecified atom stereocenters. The van der Waals surface area contributed by atoms with Crippen LogP contribution >= 0.6 is 11.3 Å². The van der Waals surface area contributed by atoms with E-state index in [1.54, 1.807) is 19.9 Å². The number of thiophene rings is 1. The Kier molecular flexibility index (Phi) is 3.66. The smallest absolute Gasteiger partial charge is 0.271 e. The fourth-order valence-corrected chi connectivity index (χ4v) is 4.36. The molecule has 0 fully saturated rings. The first-order valence-electron chi connectivity index (χ1n) is 5.69. The highest BCUT2D eigenvalue weighted by atomic mass is 32.2. The van der Waals surface area contributed by atoms with Crippen LogP contribution in [0.15, 0.2) is 10.3 Å². The third-order valence-electron chi connectivity index (χ3n) is 2.81. The van der Waals surface area contributed by atoms with E-state index in [1.165, 1.54) is 11.3 Å². The Labute approximate surface area is 116 Å². The monoisotopic (exact) mass is 300 g/mol. The summed E-state index contributed by atoms with van der Waals surface area (Å²) in [6.07, 6.45) is 0. The number of anilines is 1. The van der Waals surface area contributed by atoms with Crippen molar-refractivity contribution in [2.75, 3.05) is 4.72 Å². The summed E-state index contributed by atoms with van der Waals surface area (Å²) in [6, 6.07) is 1.64. The molecule has 2 aromatic heterocycles. The van der Waals surface area contributed by atoms with Gasteiger partial charge in [-0.3, -0.25) is 9.82 Å². The zero-order chi connectivity index (χ0) is 14.2. The van der Waals surface area contributed by atoms with Crippen LogP contribution in [0.4, 0.5) is 5.69 Å². The van der Waals surface area contributed by atoms with Crippen LogP contribution in [-0.2, 0) is 16.6 Å². The summed E-state index contributed by atoms with van der Waals surface area (Å²) in [5, 5.41) is 6.71. The van der Waals surface area contributed by atoms with Gasteiger partial charge in [-0.15, -0.1) is 11.3 Å². The van der Waals surface area contributed by atoms with Crippen LogP contribution in [-0.4, -0.2) is 18.6 Å². The molecular formula is C11H16N4O2S2. The molecule has 0 saturated heterocycles. The van der Waals surface area contributed by atoms with Crippen LogP contribution in [0.3, 0.4) is 0 Å². The average Bonchev–Trinajstić information content (AvgIpc) is 2.87. The van der Waals surface area contributed by atoms with Crippen molar-refractivity contribution in [2.45, 2.75) is 31.5 Å². The summed E-state index contributed by atoms with van der Waals surface area (Å²) < 4.78 is 27.4. The second kappa shape index (κ2) is 4.95. The molecule has 104 valence electrons. The van der Waals surface area contributed by atoms with Gasteiger partial charge in [0.1, 0.15) is 4.21 Å². The van der Waals surface area contributed by atoms with E-state index in [9.17, 15) is 8.42 Å². The van der Waals surface area contributed by atoms with E-state index >= 15 is 0 Å². The number of hydrogen-bond donors (Lipinski definition) is 3. The van der Waals surface area contributed by atoms with Crippen LogP contribution in [0.1, 0.15) is 21.8 Å². The Morgan fingerprint density at radius 2 is 2.11 bits per heavy atom. The van der Waals surface area contributed by atoms with Gasteiger partial charge in [0.15, 0.2) is 0 Å². The van der Waals surface area contributed by atoms with E-state index < -0.39 is 10.0 Å². The van der Waals surface area contributed by atoms with Crippen molar-refractivity contribution in [1.82, 2.24) is 10.2 Å². The van der Waals surface area contributed by atoms with Crippen LogP contribution in [0.5, 0.6) is 0 Å². The van der Waals surface area contributed by atoms with Crippen LogP contribution in [0.2, 0.25) is 0 Å². The van der Waals surface area contributed by atoms with E-state index in [0.29, 0.717) is 23.6 Å².